The van der Waals surface area contributed by atoms with Gasteiger partial charge in [-0.1, -0.05) is 12.1 Å². The zero-order valence-corrected chi connectivity index (χ0v) is 17.4. The number of furan rings is 1. The van der Waals surface area contributed by atoms with Gasteiger partial charge in [-0.2, -0.15) is 0 Å². The van der Waals surface area contributed by atoms with Gasteiger partial charge in [-0.3, -0.25) is 19.8 Å². The van der Waals surface area contributed by atoms with E-state index >= 15 is 0 Å². The number of rotatable bonds is 8. The van der Waals surface area contributed by atoms with Crippen LogP contribution in [0, 0.1) is 10.1 Å². The summed E-state index contributed by atoms with van der Waals surface area (Å²) in [5, 5.41) is 13.7. The van der Waals surface area contributed by atoms with Crippen molar-refractivity contribution in [3.63, 3.8) is 0 Å². The summed E-state index contributed by atoms with van der Waals surface area (Å²) in [6.07, 6.45) is 1.18. The van der Waals surface area contributed by atoms with E-state index in [9.17, 15) is 29.3 Å². The lowest BCUT2D eigenvalue weighted by Gasteiger charge is -2.10. The molecule has 0 aliphatic carbocycles. The van der Waals surface area contributed by atoms with Crippen LogP contribution in [-0.2, 0) is 25.6 Å². The molecular weight excluding hydrogens is 442 g/mol. The van der Waals surface area contributed by atoms with E-state index in [2.05, 4.69) is 14.8 Å². The van der Waals surface area contributed by atoms with Gasteiger partial charge in [-0.15, -0.1) is 0 Å². The molecule has 33 heavy (non-hydrogen) atoms. The molecule has 0 spiro atoms. The summed E-state index contributed by atoms with van der Waals surface area (Å²) in [5.74, 6) is -2.47. The van der Waals surface area contributed by atoms with E-state index in [4.69, 9.17) is 9.15 Å². The van der Waals surface area contributed by atoms with Crippen LogP contribution in [0.25, 0.3) is 6.08 Å². The summed E-state index contributed by atoms with van der Waals surface area (Å²) in [4.78, 5) is 59.5. The average molecular weight is 459 g/mol. The van der Waals surface area contributed by atoms with Gasteiger partial charge in [0, 0.05) is 11.6 Å². The Balaban J connectivity index is 1.87. The topological polar surface area (TPSA) is 168 Å². The maximum Gasteiger partial charge on any atom is 0.373 e. The standard InChI is InChI=1S/C20H17N3O10/c1-30-16(24)10-32-17-11(4-3-5-14(17)23(28)29)8-13-18(25)22(20(27)21-13)9-12-6-7-15(33-12)19(26)31-2/h3-8H,9-10H2,1-2H3,(H,21,27). The number of ether oxygens (including phenoxy) is 3. The van der Waals surface area contributed by atoms with Gasteiger partial charge in [0.1, 0.15) is 11.5 Å². The van der Waals surface area contributed by atoms with Crippen molar-refractivity contribution < 1.29 is 42.7 Å². The van der Waals surface area contributed by atoms with E-state index in [1.165, 1.54) is 37.5 Å². The summed E-state index contributed by atoms with van der Waals surface area (Å²) in [7, 11) is 2.30. The number of nitro benzene ring substituents is 1. The van der Waals surface area contributed by atoms with E-state index in [1.807, 2.05) is 0 Å². The third-order valence-electron chi connectivity index (χ3n) is 4.41. The number of carbonyl (C=O) groups is 4. The van der Waals surface area contributed by atoms with E-state index < -0.39 is 41.1 Å². The minimum absolute atomic E-state index is 0.0737. The Bertz CT molecular complexity index is 1170. The van der Waals surface area contributed by atoms with E-state index in [1.54, 1.807) is 0 Å². The van der Waals surface area contributed by atoms with Crippen LogP contribution >= 0.6 is 0 Å². The van der Waals surface area contributed by atoms with Crippen LogP contribution in [0.15, 0.2) is 40.4 Å². The molecular formula is C20H17N3O10. The number of nitrogens with one attached hydrogen (secondary N) is 1. The van der Waals surface area contributed by atoms with Crippen LogP contribution < -0.4 is 10.1 Å². The number of para-hydroxylation sites is 1. The maximum absolute atomic E-state index is 12.8. The monoisotopic (exact) mass is 459 g/mol. The predicted octanol–water partition coefficient (Wildman–Crippen LogP) is 1.62. The first-order valence-electron chi connectivity index (χ1n) is 9.23. The summed E-state index contributed by atoms with van der Waals surface area (Å²) < 4.78 is 19.5. The van der Waals surface area contributed by atoms with Crippen LogP contribution in [-0.4, -0.2) is 54.5 Å². The molecule has 1 aromatic carbocycles. The van der Waals surface area contributed by atoms with Gasteiger partial charge in [0.2, 0.25) is 11.5 Å². The van der Waals surface area contributed by atoms with Gasteiger partial charge in [-0.05, 0) is 18.2 Å². The quantitative estimate of drug-likeness (QED) is 0.201. The molecule has 2 aromatic rings. The second-order valence-corrected chi connectivity index (χ2v) is 6.45. The van der Waals surface area contributed by atoms with E-state index in [0.29, 0.717) is 0 Å². The molecule has 0 saturated carbocycles. The Hall–Kier alpha value is -4.68. The molecule has 2 heterocycles. The highest BCUT2D eigenvalue weighted by Crippen LogP contribution is 2.33. The smallest absolute Gasteiger partial charge is 0.373 e. The lowest BCUT2D eigenvalue weighted by molar-refractivity contribution is -0.385. The number of hydrogen-bond donors (Lipinski definition) is 1. The van der Waals surface area contributed by atoms with Crippen molar-refractivity contribution in [1.82, 2.24) is 10.2 Å². The number of hydrogen-bond acceptors (Lipinski definition) is 10. The van der Waals surface area contributed by atoms with Crippen molar-refractivity contribution in [2.24, 2.45) is 0 Å². The second-order valence-electron chi connectivity index (χ2n) is 6.45. The second kappa shape index (κ2) is 9.64. The molecule has 1 aliphatic heterocycles. The van der Waals surface area contributed by atoms with Crippen LogP contribution in [0.5, 0.6) is 5.75 Å². The number of benzene rings is 1. The SMILES string of the molecule is COC(=O)COc1c(C=C2NC(=O)N(Cc3ccc(C(=O)OC)o3)C2=O)cccc1[N+](=O)[O-]. The molecule has 0 bridgehead atoms. The van der Waals surface area contributed by atoms with Gasteiger partial charge in [0.25, 0.3) is 5.91 Å². The molecule has 1 saturated heterocycles. The van der Waals surface area contributed by atoms with Crippen molar-refractivity contribution in [1.29, 1.82) is 0 Å². The van der Waals surface area contributed by atoms with Crippen molar-refractivity contribution in [2.45, 2.75) is 6.54 Å². The molecule has 1 aliphatic rings. The molecule has 0 unspecified atom stereocenters. The number of methoxy groups -OCH3 is 2. The summed E-state index contributed by atoms with van der Waals surface area (Å²) >= 11 is 0. The molecule has 3 amide bonds. The highest BCUT2D eigenvalue weighted by molar-refractivity contribution is 6.14. The lowest BCUT2D eigenvalue weighted by Crippen LogP contribution is -2.30. The maximum atomic E-state index is 12.8. The van der Waals surface area contributed by atoms with Gasteiger partial charge >= 0.3 is 23.7 Å². The lowest BCUT2D eigenvalue weighted by atomic mass is 10.1. The van der Waals surface area contributed by atoms with Crippen LogP contribution in [0.2, 0.25) is 0 Å². The Morgan fingerprint density at radius 2 is 1.94 bits per heavy atom. The molecule has 1 aromatic heterocycles. The van der Waals surface area contributed by atoms with Gasteiger partial charge in [0.15, 0.2) is 6.61 Å². The number of esters is 2. The Kier molecular flexibility index (Phi) is 6.71. The van der Waals surface area contributed by atoms with Crippen LogP contribution in [0.1, 0.15) is 21.9 Å². The van der Waals surface area contributed by atoms with Crippen molar-refractivity contribution in [3.8, 4) is 5.75 Å². The number of amides is 3. The highest BCUT2D eigenvalue weighted by atomic mass is 16.6. The fourth-order valence-electron chi connectivity index (χ4n) is 2.85. The number of nitro groups is 1. The molecule has 1 fully saturated rings. The largest absolute Gasteiger partial charge is 0.474 e. The van der Waals surface area contributed by atoms with Crippen LogP contribution in [0.4, 0.5) is 10.5 Å². The zero-order valence-electron chi connectivity index (χ0n) is 17.4. The first-order chi connectivity index (χ1) is 15.7. The fraction of sp³-hybridized carbons (Fsp3) is 0.200. The Labute approximate surface area is 185 Å². The van der Waals surface area contributed by atoms with Crippen molar-refractivity contribution >= 4 is 35.6 Å². The first-order valence-corrected chi connectivity index (χ1v) is 9.23. The number of imide groups is 1. The molecule has 13 heteroatoms. The molecule has 0 radical (unpaired) electrons. The number of nitrogens with zero attached hydrogens (tertiary/aromatic N) is 2. The summed E-state index contributed by atoms with van der Waals surface area (Å²) in [6, 6.07) is 5.89. The minimum atomic E-state index is -0.773. The van der Waals surface area contributed by atoms with Gasteiger partial charge in [0.05, 0.1) is 25.7 Å². The molecule has 1 N–H and O–H groups in total. The van der Waals surface area contributed by atoms with Gasteiger partial charge < -0.3 is 23.9 Å². The molecule has 0 atom stereocenters. The third-order valence-corrected chi connectivity index (χ3v) is 4.41. The highest BCUT2D eigenvalue weighted by Gasteiger charge is 2.35. The zero-order chi connectivity index (χ0) is 24.1. The molecule has 3 rings (SSSR count). The number of urea groups is 1. The minimum Gasteiger partial charge on any atom is -0.474 e. The van der Waals surface area contributed by atoms with Crippen molar-refractivity contribution in [2.75, 3.05) is 20.8 Å². The average Bonchev–Trinajstić information content (AvgIpc) is 3.37. The third kappa shape index (κ3) is 4.98. The van der Waals surface area contributed by atoms with Crippen molar-refractivity contribution in [3.05, 3.63) is 63.2 Å². The summed E-state index contributed by atoms with van der Waals surface area (Å²) in [6.45, 7) is -0.884. The van der Waals surface area contributed by atoms with E-state index in [-0.39, 0.29) is 35.1 Å². The van der Waals surface area contributed by atoms with Crippen LogP contribution in [0.3, 0.4) is 0 Å². The normalized spacial score (nSPS) is 14.2. The van der Waals surface area contributed by atoms with E-state index in [0.717, 1.165) is 18.1 Å². The molecule has 13 nitrogen and oxygen atoms in total. The molecule has 172 valence electrons. The number of carbonyl (C=O) groups excluding carboxylic acids is 4. The summed E-state index contributed by atoms with van der Waals surface area (Å²) in [5.41, 5.74) is -0.569. The predicted molar refractivity (Wildman–Crippen MR) is 108 cm³/mol. The Morgan fingerprint density at radius 1 is 1.18 bits per heavy atom. The van der Waals surface area contributed by atoms with Gasteiger partial charge in [-0.25, -0.2) is 14.4 Å². The Morgan fingerprint density at radius 3 is 2.61 bits per heavy atom. The first kappa shape index (κ1) is 23.0. The fourth-order valence-corrected chi connectivity index (χ4v) is 2.85.